The van der Waals surface area contributed by atoms with E-state index in [1.165, 1.54) is 12.8 Å². The number of phenols is 2. The molecule has 150 valence electrons. The zero-order chi connectivity index (χ0) is 21.1. The van der Waals surface area contributed by atoms with E-state index < -0.39 is 0 Å². The van der Waals surface area contributed by atoms with Gasteiger partial charge in [-0.25, -0.2) is 0 Å². The van der Waals surface area contributed by atoms with Crippen molar-refractivity contribution in [1.29, 1.82) is 0 Å². The van der Waals surface area contributed by atoms with Crippen LogP contribution in [-0.4, -0.2) is 10.2 Å². The molecule has 0 saturated heterocycles. The summed E-state index contributed by atoms with van der Waals surface area (Å²) in [5, 5.41) is 20.3. The van der Waals surface area contributed by atoms with Crippen molar-refractivity contribution in [3.05, 3.63) is 72.3 Å². The second kappa shape index (κ2) is 18.3. The molecule has 2 heteroatoms. The number of aromatic hydroxyl groups is 2. The summed E-state index contributed by atoms with van der Waals surface area (Å²) in [5.41, 5.74) is 0.924. The van der Waals surface area contributed by atoms with Crippen LogP contribution in [0, 0.1) is 6.92 Å². The van der Waals surface area contributed by atoms with Gasteiger partial charge in [-0.2, -0.15) is 0 Å². The molecule has 0 amide bonds. The van der Waals surface area contributed by atoms with Crippen LogP contribution in [0.4, 0.5) is 0 Å². The van der Waals surface area contributed by atoms with E-state index in [9.17, 15) is 0 Å². The number of aryl methyl sites for hydroxylation is 1. The molecule has 3 rings (SSSR count). The van der Waals surface area contributed by atoms with E-state index in [0.29, 0.717) is 11.5 Å². The van der Waals surface area contributed by atoms with Crippen molar-refractivity contribution in [1.82, 2.24) is 0 Å². The minimum atomic E-state index is 0.323. The van der Waals surface area contributed by atoms with Crippen LogP contribution in [0.3, 0.4) is 0 Å². The monoisotopic (exact) mass is 370 g/mol. The molecule has 2 nitrogen and oxygen atoms in total. The van der Waals surface area contributed by atoms with Crippen molar-refractivity contribution in [2.24, 2.45) is 0 Å². The Kier molecular flexibility index (Phi) is 18.1. The predicted octanol–water partition coefficient (Wildman–Crippen LogP) is 8.10. The number of rotatable bonds is 0. The first-order valence-corrected chi connectivity index (χ1v) is 9.92. The SMILES string of the molecule is CC.CCC.CCC.Cc1ccccc1O.Oc1ccc2ccccc2c1. The number of benzene rings is 3. The average Bonchev–Trinajstić information content (AvgIpc) is 2.67. The van der Waals surface area contributed by atoms with Crippen molar-refractivity contribution in [2.45, 2.75) is 61.3 Å². The summed E-state index contributed by atoms with van der Waals surface area (Å²) >= 11 is 0. The van der Waals surface area contributed by atoms with Crippen LogP contribution in [0.2, 0.25) is 0 Å². The number of para-hydroxylation sites is 1. The van der Waals surface area contributed by atoms with Gasteiger partial charge in [-0.3, -0.25) is 0 Å². The quantitative estimate of drug-likeness (QED) is 0.419. The molecule has 0 saturated carbocycles. The molecular formula is C25H38O2. The third kappa shape index (κ3) is 13.4. The predicted molar refractivity (Wildman–Crippen MR) is 122 cm³/mol. The first-order chi connectivity index (χ1) is 13.0. The van der Waals surface area contributed by atoms with Crippen molar-refractivity contribution in [3.63, 3.8) is 0 Å². The van der Waals surface area contributed by atoms with Gasteiger partial charge in [-0.15, -0.1) is 0 Å². The van der Waals surface area contributed by atoms with Crippen LogP contribution < -0.4 is 0 Å². The van der Waals surface area contributed by atoms with E-state index in [4.69, 9.17) is 10.2 Å². The van der Waals surface area contributed by atoms with Gasteiger partial charge in [0.25, 0.3) is 0 Å². The Balaban J connectivity index is 0. The van der Waals surface area contributed by atoms with Gasteiger partial charge in [0, 0.05) is 0 Å². The lowest BCUT2D eigenvalue weighted by Gasteiger charge is -1.96. The fourth-order valence-electron chi connectivity index (χ4n) is 1.74. The molecule has 3 aromatic carbocycles. The zero-order valence-corrected chi connectivity index (χ0v) is 18.2. The summed E-state index contributed by atoms with van der Waals surface area (Å²) in [6, 6.07) is 20.6. The van der Waals surface area contributed by atoms with E-state index in [2.05, 4.69) is 27.7 Å². The van der Waals surface area contributed by atoms with Crippen LogP contribution in [0.5, 0.6) is 11.5 Å². The summed E-state index contributed by atoms with van der Waals surface area (Å²) in [6.07, 6.45) is 2.50. The molecule has 0 bridgehead atoms. The summed E-state index contributed by atoms with van der Waals surface area (Å²) in [6.45, 7) is 14.4. The fourth-order valence-corrected chi connectivity index (χ4v) is 1.74. The van der Waals surface area contributed by atoms with Crippen molar-refractivity contribution >= 4 is 10.8 Å². The zero-order valence-electron chi connectivity index (χ0n) is 18.2. The van der Waals surface area contributed by atoms with E-state index in [1.807, 2.05) is 69.3 Å². The highest BCUT2D eigenvalue weighted by Gasteiger charge is 1.91. The molecule has 0 atom stereocenters. The molecule has 0 aliphatic rings. The Morgan fingerprint density at radius 3 is 1.52 bits per heavy atom. The van der Waals surface area contributed by atoms with Crippen molar-refractivity contribution < 1.29 is 10.2 Å². The molecule has 0 spiro atoms. The Morgan fingerprint density at radius 2 is 1.07 bits per heavy atom. The topological polar surface area (TPSA) is 40.5 Å². The van der Waals surface area contributed by atoms with Crippen LogP contribution in [0.25, 0.3) is 10.8 Å². The van der Waals surface area contributed by atoms with Gasteiger partial charge in [-0.1, -0.05) is 103 Å². The van der Waals surface area contributed by atoms with Crippen molar-refractivity contribution in [3.8, 4) is 11.5 Å². The average molecular weight is 371 g/mol. The maximum Gasteiger partial charge on any atom is 0.118 e. The first kappa shape index (κ1) is 26.7. The number of hydrogen-bond acceptors (Lipinski definition) is 2. The van der Waals surface area contributed by atoms with Gasteiger partial charge in [0.2, 0.25) is 0 Å². The maximum atomic E-state index is 9.13. The molecule has 0 unspecified atom stereocenters. The third-order valence-corrected chi connectivity index (χ3v) is 2.85. The van der Waals surface area contributed by atoms with Gasteiger partial charge < -0.3 is 10.2 Å². The standard InChI is InChI=1S/C10H8O.C7H8O.2C3H8.C2H6/c11-10-6-5-8-3-1-2-4-9(8)7-10;1-6-4-2-3-5-7(6)8;2*1-3-2;1-2/h1-7,11H;2-5,8H,1H3;2*3H2,1-2H3;1-2H3. The second-order valence-corrected chi connectivity index (χ2v) is 5.73. The second-order valence-electron chi connectivity index (χ2n) is 5.73. The molecule has 0 radical (unpaired) electrons. The molecule has 0 aliphatic heterocycles. The number of fused-ring (bicyclic) bond motifs is 1. The fraction of sp³-hybridized carbons (Fsp3) is 0.360. The van der Waals surface area contributed by atoms with Crippen LogP contribution in [0.1, 0.15) is 59.9 Å². The normalized spacial score (nSPS) is 8.41. The Bertz CT molecular complexity index is 682. The number of phenolic OH excluding ortho intramolecular Hbond substituents is 2. The van der Waals surface area contributed by atoms with Crippen LogP contribution in [-0.2, 0) is 0 Å². The molecular weight excluding hydrogens is 332 g/mol. The van der Waals surface area contributed by atoms with E-state index in [-0.39, 0.29) is 0 Å². The Morgan fingerprint density at radius 1 is 0.630 bits per heavy atom. The Labute approximate surface area is 166 Å². The maximum absolute atomic E-state index is 9.13. The summed E-state index contributed by atoms with van der Waals surface area (Å²) in [5.74, 6) is 0.691. The van der Waals surface area contributed by atoms with E-state index in [1.54, 1.807) is 18.2 Å². The molecule has 0 aliphatic carbocycles. The van der Waals surface area contributed by atoms with Crippen LogP contribution in [0.15, 0.2) is 66.7 Å². The highest BCUT2D eigenvalue weighted by molar-refractivity contribution is 5.83. The van der Waals surface area contributed by atoms with Crippen LogP contribution >= 0.6 is 0 Å². The molecule has 0 aromatic heterocycles. The minimum absolute atomic E-state index is 0.323. The lowest BCUT2D eigenvalue weighted by Crippen LogP contribution is -1.69. The molecule has 0 heterocycles. The van der Waals surface area contributed by atoms with E-state index >= 15 is 0 Å². The summed E-state index contributed by atoms with van der Waals surface area (Å²) in [4.78, 5) is 0. The smallest absolute Gasteiger partial charge is 0.118 e. The highest BCUT2D eigenvalue weighted by atomic mass is 16.3. The lowest BCUT2D eigenvalue weighted by atomic mass is 10.1. The molecule has 3 aromatic rings. The first-order valence-electron chi connectivity index (χ1n) is 9.92. The van der Waals surface area contributed by atoms with E-state index in [0.717, 1.165) is 16.3 Å². The minimum Gasteiger partial charge on any atom is -0.508 e. The summed E-state index contributed by atoms with van der Waals surface area (Å²) in [7, 11) is 0. The lowest BCUT2D eigenvalue weighted by molar-refractivity contribution is 0.471. The molecule has 27 heavy (non-hydrogen) atoms. The third-order valence-electron chi connectivity index (χ3n) is 2.85. The van der Waals surface area contributed by atoms with Gasteiger partial charge >= 0.3 is 0 Å². The summed E-state index contributed by atoms with van der Waals surface area (Å²) < 4.78 is 0. The molecule has 2 N–H and O–H groups in total. The highest BCUT2D eigenvalue weighted by Crippen LogP contribution is 2.18. The molecule has 0 fully saturated rings. The van der Waals surface area contributed by atoms with Gasteiger partial charge in [0.1, 0.15) is 11.5 Å². The number of hydrogen-bond donors (Lipinski definition) is 2. The Hall–Kier alpha value is -2.48. The largest absolute Gasteiger partial charge is 0.508 e. The van der Waals surface area contributed by atoms with Gasteiger partial charge in [0.15, 0.2) is 0 Å². The van der Waals surface area contributed by atoms with Crippen molar-refractivity contribution in [2.75, 3.05) is 0 Å². The van der Waals surface area contributed by atoms with Gasteiger partial charge in [-0.05, 0) is 41.5 Å². The van der Waals surface area contributed by atoms with Gasteiger partial charge in [0.05, 0.1) is 0 Å².